The third kappa shape index (κ3) is 5.35. The van der Waals surface area contributed by atoms with E-state index in [1.165, 1.54) is 4.31 Å². The van der Waals surface area contributed by atoms with Crippen molar-refractivity contribution in [3.05, 3.63) is 29.8 Å². The molecule has 1 rings (SSSR count). The summed E-state index contributed by atoms with van der Waals surface area (Å²) in [5.41, 5.74) is 1.06. The van der Waals surface area contributed by atoms with Gasteiger partial charge in [0, 0.05) is 19.1 Å². The molecule has 0 radical (unpaired) electrons. The molecule has 8 heteroatoms. The summed E-state index contributed by atoms with van der Waals surface area (Å²) < 4.78 is 51.2. The van der Waals surface area contributed by atoms with Crippen LogP contribution in [0.15, 0.2) is 29.2 Å². The summed E-state index contributed by atoms with van der Waals surface area (Å²) in [6, 6.07) is 6.43. The minimum absolute atomic E-state index is 0.0309. The molecule has 0 fully saturated rings. The van der Waals surface area contributed by atoms with Crippen LogP contribution >= 0.6 is 0 Å². The first-order valence-corrected chi connectivity index (χ1v) is 10.5. The lowest BCUT2D eigenvalue weighted by Crippen LogP contribution is -2.41. The predicted octanol–water partition coefficient (Wildman–Crippen LogP) is 1.20. The normalized spacial score (nSPS) is 13.0. The number of aryl methyl sites for hydroxylation is 1. The molecule has 0 saturated carbocycles. The molecule has 0 aliphatic carbocycles. The Morgan fingerprint density at radius 1 is 1.09 bits per heavy atom. The van der Waals surface area contributed by atoms with Gasteiger partial charge in [0.2, 0.25) is 20.0 Å². The molecule has 0 heterocycles. The zero-order valence-electron chi connectivity index (χ0n) is 13.4. The Hall–Kier alpha value is -0.960. The molecule has 0 aliphatic rings. The van der Waals surface area contributed by atoms with Crippen LogP contribution in [-0.4, -0.2) is 46.5 Å². The first-order chi connectivity index (χ1) is 10.1. The molecule has 1 aromatic rings. The highest BCUT2D eigenvalue weighted by Crippen LogP contribution is 2.11. The largest absolute Gasteiger partial charge is 0.240 e. The van der Waals surface area contributed by atoms with E-state index < -0.39 is 20.0 Å². The lowest BCUT2D eigenvalue weighted by molar-refractivity contribution is 0.360. The molecule has 1 N–H and O–H groups in total. The highest BCUT2D eigenvalue weighted by Gasteiger charge is 2.21. The maximum atomic E-state index is 12.2. The van der Waals surface area contributed by atoms with Crippen molar-refractivity contribution in [2.24, 2.45) is 0 Å². The molecular weight excluding hydrogens is 324 g/mol. The molecule has 0 aliphatic heterocycles. The van der Waals surface area contributed by atoms with E-state index in [-0.39, 0.29) is 24.0 Å². The summed E-state index contributed by atoms with van der Waals surface area (Å²) in [6.07, 6.45) is 1.95. The Balaban J connectivity index is 2.73. The van der Waals surface area contributed by atoms with Gasteiger partial charge in [0.25, 0.3) is 0 Å². The molecule has 126 valence electrons. The molecule has 6 nitrogen and oxygen atoms in total. The number of hydrogen-bond acceptors (Lipinski definition) is 4. The number of rotatable bonds is 8. The van der Waals surface area contributed by atoms with Crippen LogP contribution < -0.4 is 4.72 Å². The summed E-state index contributed by atoms with van der Waals surface area (Å²) in [5, 5.41) is 0. The van der Waals surface area contributed by atoms with Crippen LogP contribution in [0, 0.1) is 0 Å². The third-order valence-electron chi connectivity index (χ3n) is 3.27. The minimum atomic E-state index is -3.62. The Morgan fingerprint density at radius 2 is 1.64 bits per heavy atom. The molecule has 0 saturated heterocycles. The van der Waals surface area contributed by atoms with Gasteiger partial charge in [0.15, 0.2) is 0 Å². The van der Waals surface area contributed by atoms with Gasteiger partial charge in [-0.05, 0) is 38.0 Å². The monoisotopic (exact) mass is 348 g/mol. The number of sulfonamides is 2. The third-order valence-corrected chi connectivity index (χ3v) is 6.20. The predicted molar refractivity (Wildman–Crippen MR) is 87.7 cm³/mol. The van der Waals surface area contributed by atoms with Crippen molar-refractivity contribution < 1.29 is 16.8 Å². The van der Waals surface area contributed by atoms with E-state index in [1.807, 2.05) is 6.92 Å². The van der Waals surface area contributed by atoms with Crippen molar-refractivity contribution in [2.75, 3.05) is 19.3 Å². The first kappa shape index (κ1) is 19.1. The van der Waals surface area contributed by atoms with E-state index in [1.54, 1.807) is 38.1 Å². The Labute approximate surface area is 133 Å². The van der Waals surface area contributed by atoms with E-state index in [0.29, 0.717) is 0 Å². The van der Waals surface area contributed by atoms with Crippen LogP contribution in [-0.2, 0) is 26.5 Å². The lowest BCUT2D eigenvalue weighted by atomic mass is 10.2. The quantitative estimate of drug-likeness (QED) is 0.765. The standard InChI is InChI=1S/C14H24N2O4S2/c1-5-13-6-8-14(9-7-13)22(19,20)15-10-11-16(12(2)3)21(4,17)18/h6-9,12,15H,5,10-11H2,1-4H3. The Kier molecular flexibility index (Phi) is 6.54. The second kappa shape index (κ2) is 7.54. The van der Waals surface area contributed by atoms with Gasteiger partial charge in [-0.15, -0.1) is 0 Å². The van der Waals surface area contributed by atoms with Crippen LogP contribution in [0.3, 0.4) is 0 Å². The second-order valence-corrected chi connectivity index (χ2v) is 9.06. The van der Waals surface area contributed by atoms with E-state index in [0.717, 1.165) is 18.2 Å². The fourth-order valence-electron chi connectivity index (χ4n) is 2.08. The van der Waals surface area contributed by atoms with E-state index >= 15 is 0 Å². The fourth-order valence-corrected chi connectivity index (χ4v) is 4.29. The van der Waals surface area contributed by atoms with E-state index in [2.05, 4.69) is 4.72 Å². The van der Waals surface area contributed by atoms with Crippen LogP contribution in [0.1, 0.15) is 26.3 Å². The zero-order valence-corrected chi connectivity index (χ0v) is 15.0. The van der Waals surface area contributed by atoms with E-state index in [4.69, 9.17) is 0 Å². The second-order valence-electron chi connectivity index (χ2n) is 5.36. The molecule has 0 atom stereocenters. The fraction of sp³-hybridized carbons (Fsp3) is 0.571. The topological polar surface area (TPSA) is 83.6 Å². The van der Waals surface area contributed by atoms with Crippen molar-refractivity contribution in [3.8, 4) is 0 Å². The number of hydrogen-bond donors (Lipinski definition) is 1. The maximum absolute atomic E-state index is 12.2. The average molecular weight is 348 g/mol. The van der Waals surface area contributed by atoms with Gasteiger partial charge in [-0.2, -0.15) is 4.31 Å². The van der Waals surface area contributed by atoms with Crippen LogP contribution in [0.4, 0.5) is 0 Å². The van der Waals surface area contributed by atoms with Crippen LogP contribution in [0.25, 0.3) is 0 Å². The van der Waals surface area contributed by atoms with Crippen molar-refractivity contribution in [1.82, 2.24) is 9.03 Å². The highest BCUT2D eigenvalue weighted by atomic mass is 32.2. The molecule has 22 heavy (non-hydrogen) atoms. The Bertz CT molecular complexity index is 680. The van der Waals surface area contributed by atoms with Crippen LogP contribution in [0.5, 0.6) is 0 Å². The molecule has 0 aromatic heterocycles. The SMILES string of the molecule is CCc1ccc(S(=O)(=O)NCCN(C(C)C)S(C)(=O)=O)cc1. The van der Waals surface area contributed by atoms with Gasteiger partial charge in [-0.3, -0.25) is 0 Å². The van der Waals surface area contributed by atoms with Gasteiger partial charge in [-0.1, -0.05) is 19.1 Å². The maximum Gasteiger partial charge on any atom is 0.240 e. The summed E-state index contributed by atoms with van der Waals surface area (Å²) >= 11 is 0. The number of benzene rings is 1. The van der Waals surface area contributed by atoms with Crippen molar-refractivity contribution in [2.45, 2.75) is 38.1 Å². The summed E-state index contributed by atoms with van der Waals surface area (Å²) in [4.78, 5) is 0.181. The van der Waals surface area contributed by atoms with Gasteiger partial charge < -0.3 is 0 Å². The van der Waals surface area contributed by atoms with Crippen LogP contribution in [0.2, 0.25) is 0 Å². The minimum Gasteiger partial charge on any atom is -0.212 e. The molecule has 0 bridgehead atoms. The lowest BCUT2D eigenvalue weighted by Gasteiger charge is -2.23. The van der Waals surface area contributed by atoms with Gasteiger partial charge in [-0.25, -0.2) is 21.6 Å². The number of nitrogens with zero attached hydrogens (tertiary/aromatic N) is 1. The van der Waals surface area contributed by atoms with Crippen molar-refractivity contribution in [1.29, 1.82) is 0 Å². The Morgan fingerprint density at radius 3 is 2.05 bits per heavy atom. The van der Waals surface area contributed by atoms with Gasteiger partial charge in [0.1, 0.15) is 0 Å². The highest BCUT2D eigenvalue weighted by molar-refractivity contribution is 7.89. The summed E-state index contributed by atoms with van der Waals surface area (Å²) in [5.74, 6) is 0. The number of nitrogens with one attached hydrogen (secondary N) is 1. The first-order valence-electron chi connectivity index (χ1n) is 7.13. The van der Waals surface area contributed by atoms with Crippen molar-refractivity contribution >= 4 is 20.0 Å². The summed E-state index contributed by atoms with van der Waals surface area (Å²) in [7, 11) is -6.98. The summed E-state index contributed by atoms with van der Waals surface area (Å²) in [6.45, 7) is 5.62. The van der Waals surface area contributed by atoms with E-state index in [9.17, 15) is 16.8 Å². The molecule has 0 unspecified atom stereocenters. The smallest absolute Gasteiger partial charge is 0.212 e. The van der Waals surface area contributed by atoms with Gasteiger partial charge >= 0.3 is 0 Å². The van der Waals surface area contributed by atoms with Gasteiger partial charge in [0.05, 0.1) is 11.2 Å². The molecule has 1 aromatic carbocycles. The average Bonchev–Trinajstić information content (AvgIpc) is 2.42. The molecule has 0 amide bonds. The zero-order chi connectivity index (χ0) is 17.0. The molecule has 0 spiro atoms. The van der Waals surface area contributed by atoms with Crippen molar-refractivity contribution in [3.63, 3.8) is 0 Å². The molecular formula is C14H24N2O4S2.